The van der Waals surface area contributed by atoms with Crippen LogP contribution in [0.3, 0.4) is 0 Å². The topological polar surface area (TPSA) is 60.1 Å². The number of anilines is 1. The minimum Gasteiger partial charge on any atom is -0.357 e. The monoisotopic (exact) mass is 382 g/mol. The van der Waals surface area contributed by atoms with Crippen molar-refractivity contribution in [2.24, 2.45) is 0 Å². The number of likely N-dealkylation sites (N-methyl/N-ethyl adjacent to an activating group) is 1. The molecule has 0 amide bonds. The first-order valence-corrected chi connectivity index (χ1v) is 9.85. The van der Waals surface area contributed by atoms with Gasteiger partial charge in [0.05, 0.1) is 6.04 Å². The molecule has 2 aliphatic rings. The molecule has 2 aromatic heterocycles. The van der Waals surface area contributed by atoms with E-state index >= 15 is 0 Å². The standard InChI is InChI=1S/C20H23ClN6/c1-26-6-8-27(9-7-26)20-23-11-13(12-24-20)18-19-15(4-5-22-18)16-10-14(21)2-3-17(16)25-19/h2-3,10-12,18,22,25H,4-9H2,1H3/t18-/m0/s1. The van der Waals surface area contributed by atoms with Crippen LogP contribution in [-0.4, -0.2) is 59.6 Å². The molecule has 0 saturated carbocycles. The zero-order chi connectivity index (χ0) is 18.4. The first-order valence-electron chi connectivity index (χ1n) is 9.48. The van der Waals surface area contributed by atoms with Crippen molar-refractivity contribution in [1.82, 2.24) is 25.2 Å². The summed E-state index contributed by atoms with van der Waals surface area (Å²) < 4.78 is 0. The lowest BCUT2D eigenvalue weighted by Gasteiger charge is -2.32. The van der Waals surface area contributed by atoms with Crippen LogP contribution in [0.4, 0.5) is 5.95 Å². The number of piperazine rings is 1. The van der Waals surface area contributed by atoms with Gasteiger partial charge in [0.25, 0.3) is 0 Å². The average molecular weight is 383 g/mol. The van der Waals surface area contributed by atoms with E-state index in [1.165, 1.54) is 16.6 Å². The van der Waals surface area contributed by atoms with E-state index in [0.717, 1.165) is 61.2 Å². The Hall–Kier alpha value is -2.15. The Morgan fingerprint density at radius 3 is 2.67 bits per heavy atom. The van der Waals surface area contributed by atoms with Gasteiger partial charge in [-0.15, -0.1) is 0 Å². The van der Waals surface area contributed by atoms with Crippen molar-refractivity contribution >= 4 is 28.5 Å². The van der Waals surface area contributed by atoms with E-state index in [1.54, 1.807) is 0 Å². The third-order valence-electron chi connectivity index (χ3n) is 5.69. The molecule has 27 heavy (non-hydrogen) atoms. The fraction of sp³-hybridized carbons (Fsp3) is 0.400. The number of aromatic nitrogens is 3. The molecule has 4 heterocycles. The third kappa shape index (κ3) is 3.08. The van der Waals surface area contributed by atoms with Gasteiger partial charge in [0.2, 0.25) is 5.95 Å². The van der Waals surface area contributed by atoms with Crippen LogP contribution in [0.1, 0.15) is 22.9 Å². The molecule has 2 aliphatic heterocycles. The van der Waals surface area contributed by atoms with Gasteiger partial charge in [-0.05, 0) is 37.2 Å². The van der Waals surface area contributed by atoms with Crippen LogP contribution >= 0.6 is 11.6 Å². The van der Waals surface area contributed by atoms with Crippen molar-refractivity contribution in [2.45, 2.75) is 12.5 Å². The van der Waals surface area contributed by atoms with Crippen LogP contribution in [0.25, 0.3) is 10.9 Å². The number of hydrogen-bond acceptors (Lipinski definition) is 5. The van der Waals surface area contributed by atoms with Gasteiger partial charge in [-0.1, -0.05) is 11.6 Å². The summed E-state index contributed by atoms with van der Waals surface area (Å²) in [6, 6.07) is 6.13. The molecule has 0 unspecified atom stereocenters. The van der Waals surface area contributed by atoms with Gasteiger partial charge in [0.1, 0.15) is 0 Å². The Labute approximate surface area is 163 Å². The summed E-state index contributed by atoms with van der Waals surface area (Å²) in [6.07, 6.45) is 4.92. The molecule has 1 aromatic carbocycles. The summed E-state index contributed by atoms with van der Waals surface area (Å²) in [5.41, 5.74) is 4.77. The van der Waals surface area contributed by atoms with Gasteiger partial charge in [0.15, 0.2) is 0 Å². The van der Waals surface area contributed by atoms with Crippen LogP contribution in [0.5, 0.6) is 0 Å². The Morgan fingerprint density at radius 1 is 1.11 bits per heavy atom. The second-order valence-electron chi connectivity index (χ2n) is 7.45. The summed E-state index contributed by atoms with van der Waals surface area (Å²) in [4.78, 5) is 17.5. The average Bonchev–Trinajstić information content (AvgIpc) is 3.07. The molecule has 2 N–H and O–H groups in total. The number of rotatable bonds is 2. The number of nitrogens with zero attached hydrogens (tertiary/aromatic N) is 4. The molecule has 1 saturated heterocycles. The lowest BCUT2D eigenvalue weighted by atomic mass is 9.96. The maximum absolute atomic E-state index is 6.21. The molecule has 3 aromatic rings. The number of benzene rings is 1. The quantitative estimate of drug-likeness (QED) is 0.713. The van der Waals surface area contributed by atoms with Gasteiger partial charge in [-0.25, -0.2) is 9.97 Å². The van der Waals surface area contributed by atoms with E-state index in [1.807, 2.05) is 18.5 Å². The lowest BCUT2D eigenvalue weighted by Crippen LogP contribution is -2.45. The Morgan fingerprint density at radius 2 is 1.89 bits per heavy atom. The zero-order valence-corrected chi connectivity index (χ0v) is 16.1. The van der Waals surface area contributed by atoms with E-state index in [9.17, 15) is 0 Å². The zero-order valence-electron chi connectivity index (χ0n) is 15.4. The number of hydrogen-bond donors (Lipinski definition) is 2. The van der Waals surface area contributed by atoms with Crippen molar-refractivity contribution in [3.63, 3.8) is 0 Å². The molecular weight excluding hydrogens is 360 g/mol. The van der Waals surface area contributed by atoms with E-state index in [-0.39, 0.29) is 6.04 Å². The summed E-state index contributed by atoms with van der Waals surface area (Å²) >= 11 is 6.21. The van der Waals surface area contributed by atoms with Crippen LogP contribution in [0.15, 0.2) is 30.6 Å². The molecule has 7 heteroatoms. The summed E-state index contributed by atoms with van der Waals surface area (Å²) in [7, 11) is 2.15. The fourth-order valence-corrected chi connectivity index (χ4v) is 4.31. The minimum atomic E-state index is 0.0847. The van der Waals surface area contributed by atoms with E-state index in [0.29, 0.717) is 0 Å². The maximum Gasteiger partial charge on any atom is 0.225 e. The molecule has 1 fully saturated rings. The van der Waals surface area contributed by atoms with Gasteiger partial charge in [-0.2, -0.15) is 0 Å². The summed E-state index contributed by atoms with van der Waals surface area (Å²) in [5, 5.41) is 5.61. The Kier molecular flexibility index (Phi) is 4.27. The van der Waals surface area contributed by atoms with Crippen molar-refractivity contribution in [3.8, 4) is 0 Å². The smallest absolute Gasteiger partial charge is 0.225 e. The minimum absolute atomic E-state index is 0.0847. The predicted octanol–water partition coefficient (Wildman–Crippen LogP) is 2.60. The van der Waals surface area contributed by atoms with Crippen LogP contribution in [0.2, 0.25) is 5.02 Å². The highest BCUT2D eigenvalue weighted by atomic mass is 35.5. The van der Waals surface area contributed by atoms with E-state index in [4.69, 9.17) is 11.6 Å². The van der Waals surface area contributed by atoms with E-state index in [2.05, 4.69) is 49.2 Å². The summed E-state index contributed by atoms with van der Waals surface area (Å²) in [6.45, 7) is 4.98. The molecule has 0 spiro atoms. The number of nitrogens with one attached hydrogen (secondary N) is 2. The first kappa shape index (κ1) is 17.0. The van der Waals surface area contributed by atoms with Gasteiger partial charge in [0, 0.05) is 72.3 Å². The van der Waals surface area contributed by atoms with Gasteiger partial charge < -0.3 is 20.1 Å². The molecule has 140 valence electrons. The first-order chi connectivity index (χ1) is 13.2. The maximum atomic E-state index is 6.21. The summed E-state index contributed by atoms with van der Waals surface area (Å²) in [5.74, 6) is 0.825. The number of fused-ring (bicyclic) bond motifs is 3. The molecule has 5 rings (SSSR count). The number of aromatic amines is 1. The lowest BCUT2D eigenvalue weighted by molar-refractivity contribution is 0.311. The second kappa shape index (κ2) is 6.78. The van der Waals surface area contributed by atoms with Crippen LogP contribution in [0, 0.1) is 0 Å². The fourth-order valence-electron chi connectivity index (χ4n) is 4.13. The number of H-pyrrole nitrogens is 1. The van der Waals surface area contributed by atoms with Crippen LogP contribution in [-0.2, 0) is 6.42 Å². The van der Waals surface area contributed by atoms with Crippen molar-refractivity contribution < 1.29 is 0 Å². The van der Waals surface area contributed by atoms with Crippen molar-refractivity contribution in [1.29, 1.82) is 0 Å². The largest absolute Gasteiger partial charge is 0.357 e. The number of halogens is 1. The highest BCUT2D eigenvalue weighted by Gasteiger charge is 2.26. The van der Waals surface area contributed by atoms with E-state index < -0.39 is 0 Å². The third-order valence-corrected chi connectivity index (χ3v) is 5.93. The molecule has 1 atom stereocenters. The molecule has 0 bridgehead atoms. The van der Waals surface area contributed by atoms with Crippen LogP contribution < -0.4 is 10.2 Å². The Balaban J connectivity index is 1.45. The predicted molar refractivity (Wildman–Crippen MR) is 109 cm³/mol. The molecule has 6 nitrogen and oxygen atoms in total. The van der Waals surface area contributed by atoms with Crippen molar-refractivity contribution in [3.05, 3.63) is 52.4 Å². The van der Waals surface area contributed by atoms with Gasteiger partial charge >= 0.3 is 0 Å². The second-order valence-corrected chi connectivity index (χ2v) is 7.89. The van der Waals surface area contributed by atoms with Crippen molar-refractivity contribution in [2.75, 3.05) is 44.7 Å². The van der Waals surface area contributed by atoms with Gasteiger partial charge in [-0.3, -0.25) is 0 Å². The normalized spacial score (nSPS) is 20.8. The molecular formula is C20H23ClN6. The Bertz CT molecular complexity index is 959. The highest BCUT2D eigenvalue weighted by Crippen LogP contribution is 2.34. The SMILES string of the molecule is CN1CCN(c2ncc([C@@H]3NCCc4c3[nH]c3ccc(Cl)cc43)cn2)CC1. The molecule has 0 aliphatic carbocycles. The molecule has 0 radical (unpaired) electrons. The highest BCUT2D eigenvalue weighted by molar-refractivity contribution is 6.31.